The monoisotopic (exact) mass is 917 g/mol. The quantitative estimate of drug-likeness (QED) is 0.122. The molecule has 2 aromatic heterocycles. The molecule has 15 nitrogen and oxygen atoms in total. The van der Waals surface area contributed by atoms with E-state index in [0.29, 0.717) is 63.8 Å². The van der Waals surface area contributed by atoms with E-state index in [4.69, 9.17) is 9.72 Å². The Labute approximate surface area is 394 Å². The number of phenols is 1. The molecule has 4 aliphatic rings. The number of aryl methyl sites for hydroxylation is 1. The van der Waals surface area contributed by atoms with Gasteiger partial charge in [-0.2, -0.15) is 0 Å². The Bertz CT molecular complexity index is 2550. The van der Waals surface area contributed by atoms with Gasteiger partial charge in [0.1, 0.15) is 23.9 Å². The second-order valence-electron chi connectivity index (χ2n) is 20.5. The third-order valence-electron chi connectivity index (χ3n) is 13.9. The van der Waals surface area contributed by atoms with Crippen molar-refractivity contribution in [2.75, 3.05) is 39.8 Å². The van der Waals surface area contributed by atoms with Crippen LogP contribution < -0.4 is 16.1 Å². The molecule has 3 saturated heterocycles. The molecule has 67 heavy (non-hydrogen) atoms. The molecule has 358 valence electrons. The number of hydrazine groups is 1. The fraction of sp³-hybridized carbons (Fsp3) is 0.538. The van der Waals surface area contributed by atoms with E-state index < -0.39 is 47.2 Å². The number of likely N-dealkylation sites (N-methyl/N-ethyl adjacent to an activating group) is 1. The van der Waals surface area contributed by atoms with E-state index in [0.717, 1.165) is 44.5 Å². The molecular weight excluding hydrogens is 849 g/mol. The van der Waals surface area contributed by atoms with Gasteiger partial charge in [0.25, 0.3) is 5.91 Å². The lowest BCUT2D eigenvalue weighted by Crippen LogP contribution is -2.62. The summed E-state index contributed by atoms with van der Waals surface area (Å²) in [6, 6.07) is 12.6. The van der Waals surface area contributed by atoms with Crippen LogP contribution in [0.4, 0.5) is 0 Å². The van der Waals surface area contributed by atoms with Crippen LogP contribution >= 0.6 is 0 Å². The van der Waals surface area contributed by atoms with Crippen molar-refractivity contribution < 1.29 is 33.8 Å². The molecule has 5 atom stereocenters. The Hall–Kier alpha value is -5.80. The van der Waals surface area contributed by atoms with Gasteiger partial charge in [0, 0.05) is 74.3 Å². The van der Waals surface area contributed by atoms with Crippen LogP contribution in [0.15, 0.2) is 54.7 Å². The number of esters is 1. The fourth-order valence-electron chi connectivity index (χ4n) is 10.5. The number of hydrogen-bond donors (Lipinski definition) is 4. The van der Waals surface area contributed by atoms with Gasteiger partial charge in [0.15, 0.2) is 0 Å². The van der Waals surface area contributed by atoms with Gasteiger partial charge < -0.3 is 34.8 Å². The van der Waals surface area contributed by atoms with Gasteiger partial charge in [0.05, 0.1) is 30.0 Å². The predicted octanol–water partition coefficient (Wildman–Crippen LogP) is 5.56. The SMILES string of the molecule is CCn1c(-c2cccnc2C(C)C)c2c3cc(ccc31)-c1cc(O)cc(c1)C[C@H](NC(=O)[C@H](C(C)C)N(C)C(=O)[C@@H]1CCCN(C(=O)[C@H]3CN3)C1)C(=O)N1CCC[C@H](N1)C(=O)OCC(C)(C)C2. The minimum atomic E-state index is -1.15. The van der Waals surface area contributed by atoms with Gasteiger partial charge in [-0.1, -0.05) is 53.7 Å². The number of rotatable bonds is 9. The molecule has 2 aromatic carbocycles. The Kier molecular flexibility index (Phi) is 13.8. The Morgan fingerprint density at radius 2 is 1.78 bits per heavy atom. The zero-order valence-electron chi connectivity index (χ0n) is 40.4. The number of pyridine rings is 1. The summed E-state index contributed by atoms with van der Waals surface area (Å²) in [6.07, 6.45) is 4.69. The molecule has 4 aliphatic heterocycles. The third kappa shape index (κ3) is 10.1. The molecule has 6 heterocycles. The second kappa shape index (κ2) is 19.4. The first-order valence-corrected chi connectivity index (χ1v) is 24.2. The summed E-state index contributed by atoms with van der Waals surface area (Å²) in [7, 11) is 1.62. The third-order valence-corrected chi connectivity index (χ3v) is 13.9. The smallest absolute Gasteiger partial charge is 0.324 e. The first-order chi connectivity index (χ1) is 31.9. The van der Waals surface area contributed by atoms with E-state index in [1.165, 1.54) is 9.91 Å². The molecule has 3 fully saturated rings. The number of carbonyl (C=O) groups excluding carboxylic acids is 5. The average molecular weight is 917 g/mol. The summed E-state index contributed by atoms with van der Waals surface area (Å²) in [6.45, 7) is 17.0. The molecule has 8 rings (SSSR count). The number of likely N-dealkylation sites (tertiary alicyclic amines) is 1. The van der Waals surface area contributed by atoms with Gasteiger partial charge in [-0.05, 0) is 110 Å². The largest absolute Gasteiger partial charge is 0.508 e. The maximum absolute atomic E-state index is 14.8. The van der Waals surface area contributed by atoms with Gasteiger partial charge in [-0.3, -0.25) is 34.0 Å². The van der Waals surface area contributed by atoms with Crippen LogP contribution in [0, 0.1) is 17.3 Å². The number of amides is 4. The lowest BCUT2D eigenvalue weighted by molar-refractivity contribution is -0.155. The number of nitrogens with zero attached hydrogens (tertiary/aromatic N) is 5. The Morgan fingerprint density at radius 1 is 1.01 bits per heavy atom. The van der Waals surface area contributed by atoms with Crippen LogP contribution in [0.5, 0.6) is 5.75 Å². The predicted molar refractivity (Wildman–Crippen MR) is 256 cm³/mol. The van der Waals surface area contributed by atoms with E-state index in [-0.39, 0.29) is 55.0 Å². The number of phenolic OH excluding ortho intramolecular Hbond substituents is 1. The number of piperidine rings is 1. The zero-order valence-corrected chi connectivity index (χ0v) is 40.4. The van der Waals surface area contributed by atoms with Crippen LogP contribution in [-0.4, -0.2) is 123 Å². The lowest BCUT2D eigenvalue weighted by Gasteiger charge is -2.38. The summed E-state index contributed by atoms with van der Waals surface area (Å²) in [4.78, 5) is 78.5. The topological polar surface area (TPSA) is 188 Å². The van der Waals surface area contributed by atoms with Crippen LogP contribution in [-0.2, 0) is 48.1 Å². The standard InChI is InChI=1S/C52H68N8O7/c1-9-59-43-17-16-33-25-38(43)39(46(59)37-14-10-18-53-44(37)30(2)3)26-52(6,7)29-67-51(66)40-15-12-20-60(56-40)50(65)41(23-32-21-35(33)24-36(61)22-32)55-47(62)45(31(4)5)57(8)48(63)34-13-11-19-58(28-34)49(64)42-27-54-42/h10,14,16-18,21-22,24-25,30-31,34,40-42,45,54,56,61H,9,11-13,15,19-20,23,26-29H2,1-8H3,(H,55,62)/t34-,40+,41+,42-,45+/m1/s1. The molecule has 4 amide bonds. The molecule has 0 radical (unpaired) electrons. The summed E-state index contributed by atoms with van der Waals surface area (Å²) < 4.78 is 8.46. The maximum Gasteiger partial charge on any atom is 0.324 e. The van der Waals surface area contributed by atoms with Crippen molar-refractivity contribution in [3.63, 3.8) is 0 Å². The molecule has 0 aliphatic carbocycles. The molecule has 4 aromatic rings. The normalized spacial score (nSPS) is 22.6. The summed E-state index contributed by atoms with van der Waals surface area (Å²) in [5, 5.41) is 19.9. The van der Waals surface area contributed by atoms with Crippen LogP contribution in [0.1, 0.15) is 96.9 Å². The van der Waals surface area contributed by atoms with E-state index in [9.17, 15) is 29.1 Å². The van der Waals surface area contributed by atoms with Crippen LogP contribution in [0.25, 0.3) is 33.3 Å². The highest BCUT2D eigenvalue weighted by atomic mass is 16.5. The molecule has 6 bridgehead atoms. The Morgan fingerprint density at radius 3 is 2.49 bits per heavy atom. The number of aromatic hydroxyl groups is 1. The van der Waals surface area contributed by atoms with Gasteiger partial charge in [-0.15, -0.1) is 0 Å². The van der Waals surface area contributed by atoms with E-state index in [1.54, 1.807) is 24.1 Å². The van der Waals surface area contributed by atoms with Crippen molar-refractivity contribution in [2.45, 2.75) is 124 Å². The van der Waals surface area contributed by atoms with Gasteiger partial charge in [0.2, 0.25) is 17.7 Å². The number of cyclic esters (lactones) is 1. The highest BCUT2D eigenvalue weighted by molar-refractivity contribution is 5.96. The number of fused-ring (bicyclic) bond motifs is 6. The first-order valence-electron chi connectivity index (χ1n) is 24.2. The molecular formula is C52H68N8O7. The molecule has 15 heteroatoms. The molecule has 4 N–H and O–H groups in total. The second-order valence-corrected chi connectivity index (χ2v) is 20.5. The average Bonchev–Trinajstić information content (AvgIpc) is 4.12. The number of ether oxygens (including phenoxy) is 1. The first kappa shape index (κ1) is 47.7. The van der Waals surface area contributed by atoms with Crippen molar-refractivity contribution in [3.05, 3.63) is 71.5 Å². The summed E-state index contributed by atoms with van der Waals surface area (Å²) >= 11 is 0. The van der Waals surface area contributed by atoms with Gasteiger partial charge in [-0.25, -0.2) is 5.43 Å². The van der Waals surface area contributed by atoms with Crippen molar-refractivity contribution >= 4 is 40.5 Å². The highest BCUT2D eigenvalue weighted by Gasteiger charge is 2.41. The van der Waals surface area contributed by atoms with E-state index in [1.807, 2.05) is 38.2 Å². The zero-order chi connectivity index (χ0) is 47.9. The molecule has 0 unspecified atom stereocenters. The van der Waals surface area contributed by atoms with Crippen LogP contribution in [0.3, 0.4) is 0 Å². The van der Waals surface area contributed by atoms with E-state index in [2.05, 4.69) is 73.4 Å². The van der Waals surface area contributed by atoms with E-state index >= 15 is 0 Å². The number of benzene rings is 2. The van der Waals surface area contributed by atoms with Crippen molar-refractivity contribution in [3.8, 4) is 28.1 Å². The molecule has 0 saturated carbocycles. The van der Waals surface area contributed by atoms with Crippen molar-refractivity contribution in [1.82, 2.24) is 40.4 Å². The Balaban J connectivity index is 1.17. The number of carbonyl (C=O) groups is 5. The number of hydrogen-bond acceptors (Lipinski definition) is 10. The lowest BCUT2D eigenvalue weighted by atomic mass is 9.83. The minimum absolute atomic E-state index is 0.000266. The summed E-state index contributed by atoms with van der Waals surface area (Å²) in [5.41, 5.74) is 10.1. The summed E-state index contributed by atoms with van der Waals surface area (Å²) in [5.74, 6) is -2.28. The maximum atomic E-state index is 14.8. The van der Waals surface area contributed by atoms with Gasteiger partial charge >= 0.3 is 5.97 Å². The van der Waals surface area contributed by atoms with Crippen molar-refractivity contribution in [1.29, 1.82) is 0 Å². The number of aromatic nitrogens is 2. The molecule has 0 spiro atoms. The van der Waals surface area contributed by atoms with Crippen LogP contribution in [0.2, 0.25) is 0 Å². The minimum Gasteiger partial charge on any atom is -0.508 e. The van der Waals surface area contributed by atoms with Crippen molar-refractivity contribution in [2.24, 2.45) is 17.3 Å². The fourth-order valence-corrected chi connectivity index (χ4v) is 10.5. The number of nitrogens with one attached hydrogen (secondary N) is 3. The highest BCUT2D eigenvalue weighted by Crippen LogP contribution is 2.42.